The lowest BCUT2D eigenvalue weighted by atomic mass is 10.1. The van der Waals surface area contributed by atoms with Crippen molar-refractivity contribution in [2.45, 2.75) is 19.8 Å². The van der Waals surface area contributed by atoms with Crippen LogP contribution >= 0.6 is 0 Å². The highest BCUT2D eigenvalue weighted by Gasteiger charge is 2.19. The molecule has 0 bridgehead atoms. The maximum atomic E-state index is 11.9. The zero-order chi connectivity index (χ0) is 14.7. The maximum Gasteiger partial charge on any atom is 0.275 e. The Kier molecular flexibility index (Phi) is 3.69. The molecule has 0 radical (unpaired) electrons. The minimum atomic E-state index is -0.146. The Labute approximate surface area is 123 Å². The summed E-state index contributed by atoms with van der Waals surface area (Å²) in [6, 6.07) is 11.7. The molecule has 4 nitrogen and oxygen atoms in total. The first kappa shape index (κ1) is 13.4. The van der Waals surface area contributed by atoms with Crippen molar-refractivity contribution in [3.63, 3.8) is 0 Å². The van der Waals surface area contributed by atoms with E-state index in [9.17, 15) is 4.79 Å². The van der Waals surface area contributed by atoms with Crippen molar-refractivity contribution in [1.82, 2.24) is 5.32 Å². The van der Waals surface area contributed by atoms with E-state index >= 15 is 0 Å². The van der Waals surface area contributed by atoms with Crippen molar-refractivity contribution in [3.8, 4) is 0 Å². The fourth-order valence-electron chi connectivity index (χ4n) is 2.23. The molecule has 1 aromatic carbocycles. The molecule has 4 heteroatoms. The molecule has 1 aromatic heterocycles. The fraction of sp³-hybridized carbons (Fsp3) is 0.176. The molecule has 2 heterocycles. The second-order valence-corrected chi connectivity index (χ2v) is 4.98. The third-order valence-electron chi connectivity index (χ3n) is 3.41. The van der Waals surface area contributed by atoms with E-state index in [2.05, 4.69) is 10.3 Å². The van der Waals surface area contributed by atoms with Gasteiger partial charge in [0.25, 0.3) is 5.91 Å². The molecule has 0 spiro atoms. The van der Waals surface area contributed by atoms with E-state index in [1.54, 1.807) is 6.26 Å². The van der Waals surface area contributed by atoms with Gasteiger partial charge in [-0.25, -0.2) is 4.99 Å². The fourth-order valence-corrected chi connectivity index (χ4v) is 2.23. The van der Waals surface area contributed by atoms with Gasteiger partial charge in [0, 0.05) is 12.8 Å². The van der Waals surface area contributed by atoms with Gasteiger partial charge in [0.05, 0.1) is 6.26 Å². The van der Waals surface area contributed by atoms with Gasteiger partial charge in [0.2, 0.25) is 0 Å². The predicted molar refractivity (Wildman–Crippen MR) is 81.8 cm³/mol. The van der Waals surface area contributed by atoms with Crippen LogP contribution in [0.2, 0.25) is 0 Å². The second kappa shape index (κ2) is 5.79. The standard InChI is InChI=1S/C17H16N2O2/c1-12-5-2-3-6-13(12)11-15-17(20)19-16(18-15)9-8-14-7-4-10-21-14/h2-7,10-11H,8-9H2,1H3,(H,18,19,20)/b15-11-. The van der Waals surface area contributed by atoms with Gasteiger partial charge in [-0.3, -0.25) is 4.79 Å². The summed E-state index contributed by atoms with van der Waals surface area (Å²) in [7, 11) is 0. The first-order valence-electron chi connectivity index (χ1n) is 6.91. The number of nitrogens with one attached hydrogen (secondary N) is 1. The molecule has 0 saturated heterocycles. The van der Waals surface area contributed by atoms with E-state index in [4.69, 9.17) is 4.42 Å². The third kappa shape index (κ3) is 3.11. The largest absolute Gasteiger partial charge is 0.469 e. The highest BCUT2D eigenvalue weighted by molar-refractivity contribution is 6.14. The number of carbonyl (C=O) groups is 1. The van der Waals surface area contributed by atoms with E-state index in [1.807, 2.05) is 49.4 Å². The Morgan fingerprint density at radius 3 is 2.81 bits per heavy atom. The molecule has 0 aliphatic carbocycles. The number of rotatable bonds is 4. The Morgan fingerprint density at radius 1 is 1.19 bits per heavy atom. The number of carbonyl (C=O) groups excluding carboxylic acids is 1. The van der Waals surface area contributed by atoms with Gasteiger partial charge in [-0.05, 0) is 36.3 Å². The van der Waals surface area contributed by atoms with Gasteiger partial charge in [-0.15, -0.1) is 0 Å². The van der Waals surface area contributed by atoms with E-state index < -0.39 is 0 Å². The van der Waals surface area contributed by atoms with E-state index in [1.165, 1.54) is 0 Å². The first-order chi connectivity index (χ1) is 10.2. The Bertz CT molecular complexity index is 712. The summed E-state index contributed by atoms with van der Waals surface area (Å²) in [5.74, 6) is 1.44. The normalized spacial score (nSPS) is 16.1. The summed E-state index contributed by atoms with van der Waals surface area (Å²) < 4.78 is 5.28. The zero-order valence-electron chi connectivity index (χ0n) is 11.8. The Balaban J connectivity index is 1.74. The minimum Gasteiger partial charge on any atom is -0.469 e. The van der Waals surface area contributed by atoms with Crippen LogP contribution in [0.3, 0.4) is 0 Å². The molecule has 0 atom stereocenters. The van der Waals surface area contributed by atoms with Crippen LogP contribution in [0.4, 0.5) is 0 Å². The van der Waals surface area contributed by atoms with E-state index in [0.717, 1.165) is 23.3 Å². The van der Waals surface area contributed by atoms with Crippen LogP contribution in [0.1, 0.15) is 23.3 Å². The molecule has 106 valence electrons. The van der Waals surface area contributed by atoms with Gasteiger partial charge in [-0.1, -0.05) is 24.3 Å². The van der Waals surface area contributed by atoms with Crippen LogP contribution in [-0.2, 0) is 11.2 Å². The average molecular weight is 280 g/mol. The molecule has 1 N–H and O–H groups in total. The van der Waals surface area contributed by atoms with Crippen molar-refractivity contribution in [3.05, 3.63) is 65.2 Å². The smallest absolute Gasteiger partial charge is 0.275 e. The number of aliphatic imine (C=N–C) groups is 1. The number of amides is 1. The number of hydrogen-bond acceptors (Lipinski definition) is 3. The van der Waals surface area contributed by atoms with Crippen LogP contribution in [0.5, 0.6) is 0 Å². The molecule has 1 amide bonds. The Hall–Kier alpha value is -2.62. The van der Waals surface area contributed by atoms with Gasteiger partial charge in [0.15, 0.2) is 0 Å². The molecule has 1 aliphatic heterocycles. The summed E-state index contributed by atoms with van der Waals surface area (Å²) >= 11 is 0. The number of amidine groups is 1. The predicted octanol–water partition coefficient (Wildman–Crippen LogP) is 3.09. The van der Waals surface area contributed by atoms with Gasteiger partial charge >= 0.3 is 0 Å². The molecular weight excluding hydrogens is 264 g/mol. The Morgan fingerprint density at radius 2 is 2.05 bits per heavy atom. The number of aryl methyl sites for hydroxylation is 2. The number of hydrogen-bond donors (Lipinski definition) is 1. The van der Waals surface area contributed by atoms with Gasteiger partial charge in [-0.2, -0.15) is 0 Å². The van der Waals surface area contributed by atoms with Crippen LogP contribution in [-0.4, -0.2) is 11.7 Å². The number of benzene rings is 1. The lowest BCUT2D eigenvalue weighted by molar-refractivity contribution is -0.115. The van der Waals surface area contributed by atoms with Crippen LogP contribution in [0, 0.1) is 6.92 Å². The second-order valence-electron chi connectivity index (χ2n) is 4.98. The van der Waals surface area contributed by atoms with E-state index in [0.29, 0.717) is 18.0 Å². The first-order valence-corrected chi connectivity index (χ1v) is 6.91. The maximum absolute atomic E-state index is 11.9. The van der Waals surface area contributed by atoms with Crippen molar-refractivity contribution < 1.29 is 9.21 Å². The van der Waals surface area contributed by atoms with Crippen molar-refractivity contribution in [2.24, 2.45) is 4.99 Å². The highest BCUT2D eigenvalue weighted by atomic mass is 16.3. The quantitative estimate of drug-likeness (QED) is 0.875. The minimum absolute atomic E-state index is 0.146. The average Bonchev–Trinajstić information content (AvgIpc) is 3.10. The molecule has 21 heavy (non-hydrogen) atoms. The van der Waals surface area contributed by atoms with Gasteiger partial charge in [0.1, 0.15) is 17.3 Å². The molecule has 3 rings (SSSR count). The van der Waals surface area contributed by atoms with Crippen LogP contribution in [0.25, 0.3) is 6.08 Å². The summed E-state index contributed by atoms with van der Waals surface area (Å²) in [5, 5.41) is 2.81. The van der Waals surface area contributed by atoms with Gasteiger partial charge < -0.3 is 9.73 Å². The zero-order valence-corrected chi connectivity index (χ0v) is 11.8. The monoisotopic (exact) mass is 280 g/mol. The molecule has 0 fully saturated rings. The highest BCUT2D eigenvalue weighted by Crippen LogP contribution is 2.16. The summed E-state index contributed by atoms with van der Waals surface area (Å²) in [4.78, 5) is 16.3. The van der Waals surface area contributed by atoms with Crippen molar-refractivity contribution >= 4 is 17.8 Å². The molecule has 1 aliphatic rings. The van der Waals surface area contributed by atoms with Crippen molar-refractivity contribution in [2.75, 3.05) is 0 Å². The summed E-state index contributed by atoms with van der Waals surface area (Å²) in [6.45, 7) is 2.01. The topological polar surface area (TPSA) is 54.6 Å². The molecular formula is C17H16N2O2. The lowest BCUT2D eigenvalue weighted by Crippen LogP contribution is -2.24. The van der Waals surface area contributed by atoms with Crippen LogP contribution < -0.4 is 5.32 Å². The van der Waals surface area contributed by atoms with Crippen molar-refractivity contribution in [1.29, 1.82) is 0 Å². The molecule has 0 unspecified atom stereocenters. The summed E-state index contributed by atoms with van der Waals surface area (Å²) in [5.41, 5.74) is 2.59. The number of nitrogens with zero attached hydrogens (tertiary/aromatic N) is 1. The van der Waals surface area contributed by atoms with Crippen LogP contribution in [0.15, 0.2) is 57.8 Å². The molecule has 2 aromatic rings. The summed E-state index contributed by atoms with van der Waals surface area (Å²) in [6.07, 6.45) is 4.85. The molecule has 0 saturated carbocycles. The van der Waals surface area contributed by atoms with E-state index in [-0.39, 0.29) is 5.91 Å². The lowest BCUT2D eigenvalue weighted by Gasteiger charge is -1.98. The third-order valence-corrected chi connectivity index (χ3v) is 3.41. The number of furan rings is 1. The SMILES string of the molecule is Cc1ccccc1/C=C1\N=C(CCc2ccco2)NC1=O.